The number of hydrogen-bond donors (Lipinski definition) is 3. The second-order valence-electron chi connectivity index (χ2n) is 6.32. The van der Waals surface area contributed by atoms with Crippen LogP contribution in [0.15, 0.2) is 36.4 Å². The van der Waals surface area contributed by atoms with Gasteiger partial charge in [-0.2, -0.15) is 0 Å². The average molecular weight is 432 g/mol. The molecule has 4 N–H and O–H groups in total. The molecule has 0 unspecified atom stereocenters. The fourth-order valence-corrected chi connectivity index (χ4v) is 2.86. The minimum Gasteiger partial charge on any atom is -0.490 e. The summed E-state index contributed by atoms with van der Waals surface area (Å²) in [5.74, 6) is 0.542. The number of amides is 1. The number of halogens is 1. The number of aromatic nitrogens is 4. The molecule has 0 saturated heterocycles. The van der Waals surface area contributed by atoms with Gasteiger partial charge in [0.1, 0.15) is 0 Å². The third kappa shape index (κ3) is 5.51. The van der Waals surface area contributed by atoms with Crippen LogP contribution >= 0.6 is 11.6 Å². The number of tetrazole rings is 1. The molecule has 1 heterocycles. The summed E-state index contributed by atoms with van der Waals surface area (Å²) in [6, 6.07) is 10.9. The van der Waals surface area contributed by atoms with Crippen molar-refractivity contribution in [3.63, 3.8) is 0 Å². The normalized spacial score (nSPS) is 10.5. The topological polar surface area (TPSA) is 129 Å². The first-order valence-electron chi connectivity index (χ1n) is 9.18. The van der Waals surface area contributed by atoms with Crippen LogP contribution in [0.4, 0.5) is 11.6 Å². The Morgan fingerprint density at radius 1 is 1.23 bits per heavy atom. The van der Waals surface area contributed by atoms with Gasteiger partial charge in [-0.15, -0.1) is 4.79 Å². The third-order valence-electron chi connectivity index (χ3n) is 3.98. The van der Waals surface area contributed by atoms with Crippen molar-refractivity contribution in [3.8, 4) is 11.5 Å². The van der Waals surface area contributed by atoms with E-state index < -0.39 is 0 Å². The van der Waals surface area contributed by atoms with E-state index >= 15 is 0 Å². The first-order valence-corrected chi connectivity index (χ1v) is 9.56. The number of nitrogen functional groups attached to an aromatic ring is 1. The van der Waals surface area contributed by atoms with Crippen LogP contribution in [0.25, 0.3) is 0 Å². The Morgan fingerprint density at radius 2 is 2.00 bits per heavy atom. The summed E-state index contributed by atoms with van der Waals surface area (Å²) in [6.07, 6.45) is 0. The molecule has 3 aromatic rings. The maximum absolute atomic E-state index is 12.2. The highest BCUT2D eigenvalue weighted by Crippen LogP contribution is 2.36. The lowest BCUT2D eigenvalue weighted by molar-refractivity contribution is -0.118. The summed E-state index contributed by atoms with van der Waals surface area (Å²) in [5, 5.41) is 13.8. The summed E-state index contributed by atoms with van der Waals surface area (Å²) >= 11 is 6.39. The van der Waals surface area contributed by atoms with Gasteiger partial charge in [0.05, 0.1) is 18.2 Å². The van der Waals surface area contributed by atoms with Gasteiger partial charge in [-0.25, -0.2) is 0 Å². The van der Waals surface area contributed by atoms with Crippen molar-refractivity contribution in [3.05, 3.63) is 52.5 Å². The van der Waals surface area contributed by atoms with Crippen molar-refractivity contribution >= 4 is 29.1 Å². The number of carbonyl (C=O) groups is 1. The van der Waals surface area contributed by atoms with E-state index in [2.05, 4.69) is 26.3 Å². The Morgan fingerprint density at radius 3 is 2.67 bits per heavy atom. The van der Waals surface area contributed by atoms with Crippen LogP contribution in [0.5, 0.6) is 11.5 Å². The first kappa shape index (κ1) is 21.2. The van der Waals surface area contributed by atoms with E-state index in [0.29, 0.717) is 35.4 Å². The molecule has 0 bridgehead atoms. The molecular weight excluding hydrogens is 410 g/mol. The van der Waals surface area contributed by atoms with Gasteiger partial charge in [-0.05, 0) is 54.1 Å². The van der Waals surface area contributed by atoms with Crippen molar-refractivity contribution in [2.24, 2.45) is 0 Å². The number of carbonyl (C=O) groups excluding carboxylic acids is 1. The van der Waals surface area contributed by atoms with E-state index in [1.165, 1.54) is 4.79 Å². The van der Waals surface area contributed by atoms with Gasteiger partial charge in [0.2, 0.25) is 0 Å². The number of benzene rings is 2. The SMILES string of the molecule is CCOc1cc(CNn2nnnc2N)cc(Cl)c1OCC(=O)Nc1ccc(C)cc1. The largest absolute Gasteiger partial charge is 0.490 e. The van der Waals surface area contributed by atoms with Gasteiger partial charge in [0.25, 0.3) is 11.9 Å². The Bertz CT molecular complexity index is 1010. The van der Waals surface area contributed by atoms with Gasteiger partial charge >= 0.3 is 0 Å². The molecule has 11 heteroatoms. The maximum atomic E-state index is 12.2. The van der Waals surface area contributed by atoms with Gasteiger partial charge in [-0.3, -0.25) is 4.79 Å². The molecule has 0 aliphatic carbocycles. The first-order chi connectivity index (χ1) is 14.5. The van der Waals surface area contributed by atoms with E-state index in [0.717, 1.165) is 11.1 Å². The Labute approximate surface area is 178 Å². The molecule has 158 valence electrons. The Kier molecular flexibility index (Phi) is 6.91. The van der Waals surface area contributed by atoms with Crippen LogP contribution in [0.2, 0.25) is 5.02 Å². The molecule has 1 aromatic heterocycles. The summed E-state index contributed by atoms with van der Waals surface area (Å²) < 4.78 is 11.3. The van der Waals surface area contributed by atoms with Crippen molar-refractivity contribution < 1.29 is 14.3 Å². The minimum absolute atomic E-state index is 0.130. The Balaban J connectivity index is 1.66. The second-order valence-corrected chi connectivity index (χ2v) is 6.73. The number of aryl methyl sites for hydroxylation is 1. The average Bonchev–Trinajstić information content (AvgIpc) is 3.12. The second kappa shape index (κ2) is 9.79. The highest BCUT2D eigenvalue weighted by atomic mass is 35.5. The quantitative estimate of drug-likeness (QED) is 0.471. The summed E-state index contributed by atoms with van der Waals surface area (Å²) in [7, 11) is 0. The number of nitrogens with two attached hydrogens (primary N) is 1. The molecular formula is C19H22ClN7O3. The highest BCUT2D eigenvalue weighted by molar-refractivity contribution is 6.32. The molecule has 0 aliphatic rings. The van der Waals surface area contributed by atoms with Crippen molar-refractivity contribution in [2.45, 2.75) is 20.4 Å². The molecule has 0 aliphatic heterocycles. The van der Waals surface area contributed by atoms with E-state index in [4.69, 9.17) is 26.8 Å². The van der Waals surface area contributed by atoms with Gasteiger partial charge in [0.15, 0.2) is 18.1 Å². The van der Waals surface area contributed by atoms with E-state index in [1.54, 1.807) is 12.1 Å². The predicted octanol–water partition coefficient (Wildman–Crippen LogP) is 2.38. The number of rotatable bonds is 9. The van der Waals surface area contributed by atoms with Crippen molar-refractivity contribution in [1.82, 2.24) is 20.3 Å². The van der Waals surface area contributed by atoms with Crippen LogP contribution in [-0.4, -0.2) is 39.4 Å². The van der Waals surface area contributed by atoms with E-state index in [1.807, 2.05) is 38.1 Å². The smallest absolute Gasteiger partial charge is 0.262 e. The zero-order valence-corrected chi connectivity index (χ0v) is 17.3. The van der Waals surface area contributed by atoms with Crippen LogP contribution in [0, 0.1) is 6.92 Å². The monoisotopic (exact) mass is 431 g/mol. The summed E-state index contributed by atoms with van der Waals surface area (Å²) in [6.45, 7) is 4.34. The zero-order chi connectivity index (χ0) is 21.5. The fourth-order valence-electron chi connectivity index (χ4n) is 2.57. The number of nitrogens with one attached hydrogen (secondary N) is 2. The number of hydrogen-bond acceptors (Lipinski definition) is 8. The third-order valence-corrected chi connectivity index (χ3v) is 4.26. The molecule has 30 heavy (non-hydrogen) atoms. The lowest BCUT2D eigenvalue weighted by Gasteiger charge is -2.16. The van der Waals surface area contributed by atoms with Crippen LogP contribution < -0.4 is 25.9 Å². The molecule has 0 saturated carbocycles. The summed E-state index contributed by atoms with van der Waals surface area (Å²) in [4.78, 5) is 13.5. The molecule has 0 fully saturated rings. The van der Waals surface area contributed by atoms with E-state index in [-0.39, 0.29) is 18.5 Å². The van der Waals surface area contributed by atoms with Gasteiger partial charge < -0.3 is 25.9 Å². The molecule has 3 rings (SSSR count). The zero-order valence-electron chi connectivity index (χ0n) is 16.6. The number of ether oxygens (including phenoxy) is 2. The molecule has 10 nitrogen and oxygen atoms in total. The summed E-state index contributed by atoms with van der Waals surface area (Å²) in [5.41, 5.74) is 11.1. The standard InChI is InChI=1S/C19H22ClN7O3/c1-3-29-16-9-13(10-22-27-19(21)24-25-26-27)8-15(20)18(16)30-11-17(28)23-14-6-4-12(2)5-7-14/h4-9,22H,3,10-11H2,1-2H3,(H,23,28)(H2,21,24,26). The molecule has 0 atom stereocenters. The fraction of sp³-hybridized carbons (Fsp3) is 0.263. The molecule has 0 radical (unpaired) electrons. The lowest BCUT2D eigenvalue weighted by Crippen LogP contribution is -2.21. The van der Waals surface area contributed by atoms with Crippen molar-refractivity contribution in [2.75, 3.05) is 29.7 Å². The highest BCUT2D eigenvalue weighted by Gasteiger charge is 2.15. The number of anilines is 2. The molecule has 0 spiro atoms. The Hall–Kier alpha value is -3.53. The predicted molar refractivity (Wildman–Crippen MR) is 113 cm³/mol. The van der Waals surface area contributed by atoms with E-state index in [9.17, 15) is 4.79 Å². The maximum Gasteiger partial charge on any atom is 0.262 e. The van der Waals surface area contributed by atoms with Crippen LogP contribution in [-0.2, 0) is 11.3 Å². The molecule has 2 aromatic carbocycles. The van der Waals surface area contributed by atoms with Crippen LogP contribution in [0.3, 0.4) is 0 Å². The molecule has 1 amide bonds. The minimum atomic E-state index is -0.308. The lowest BCUT2D eigenvalue weighted by atomic mass is 10.2. The van der Waals surface area contributed by atoms with Gasteiger partial charge in [-0.1, -0.05) is 34.4 Å². The van der Waals surface area contributed by atoms with Crippen LogP contribution in [0.1, 0.15) is 18.1 Å². The van der Waals surface area contributed by atoms with Crippen molar-refractivity contribution in [1.29, 1.82) is 0 Å². The number of nitrogens with zero attached hydrogens (tertiary/aromatic N) is 4. The van der Waals surface area contributed by atoms with Gasteiger partial charge in [0, 0.05) is 5.69 Å².